The summed E-state index contributed by atoms with van der Waals surface area (Å²) >= 11 is 0. The summed E-state index contributed by atoms with van der Waals surface area (Å²) in [6.45, 7) is 2.29. The lowest BCUT2D eigenvalue weighted by Crippen LogP contribution is -2.31. The van der Waals surface area contributed by atoms with Gasteiger partial charge in [0.25, 0.3) is 11.5 Å². The highest BCUT2D eigenvalue weighted by Crippen LogP contribution is 2.22. The Morgan fingerprint density at radius 1 is 1.28 bits per heavy atom. The Labute approximate surface area is 141 Å². The standard InChI is InChI=1S/C16H16F3N3O3/c1-2-12-9-14(23)22(10-21-12)8-7-20-15(24)11-3-5-13(6-4-11)25-16(17,18)19/h3-6,9-10H,2,7-8H2,1H3,(H,20,24). The Hall–Kier alpha value is -2.84. The predicted molar refractivity (Wildman–Crippen MR) is 83.3 cm³/mol. The zero-order chi connectivity index (χ0) is 18.4. The number of hydrogen-bond donors (Lipinski definition) is 1. The molecular formula is C16H16F3N3O3. The first-order valence-corrected chi connectivity index (χ1v) is 7.48. The van der Waals surface area contributed by atoms with Gasteiger partial charge in [-0.1, -0.05) is 6.92 Å². The van der Waals surface area contributed by atoms with Gasteiger partial charge < -0.3 is 10.1 Å². The number of nitrogens with zero attached hydrogens (tertiary/aromatic N) is 2. The number of rotatable bonds is 6. The first-order chi connectivity index (χ1) is 11.8. The van der Waals surface area contributed by atoms with Crippen molar-refractivity contribution in [3.05, 3.63) is 58.3 Å². The molecule has 9 heteroatoms. The highest BCUT2D eigenvalue weighted by Gasteiger charge is 2.31. The summed E-state index contributed by atoms with van der Waals surface area (Å²) in [6.07, 6.45) is -2.71. The third-order valence-corrected chi connectivity index (χ3v) is 3.29. The average molecular weight is 355 g/mol. The molecule has 0 spiro atoms. The van der Waals surface area contributed by atoms with Crippen molar-refractivity contribution in [1.82, 2.24) is 14.9 Å². The van der Waals surface area contributed by atoms with E-state index in [0.29, 0.717) is 12.1 Å². The van der Waals surface area contributed by atoms with E-state index in [2.05, 4.69) is 15.0 Å². The average Bonchev–Trinajstić information content (AvgIpc) is 2.55. The van der Waals surface area contributed by atoms with Crippen molar-refractivity contribution in [2.45, 2.75) is 26.3 Å². The van der Waals surface area contributed by atoms with Gasteiger partial charge in [0.2, 0.25) is 0 Å². The molecule has 134 valence electrons. The molecule has 1 amide bonds. The van der Waals surface area contributed by atoms with E-state index in [1.165, 1.54) is 29.1 Å². The van der Waals surface area contributed by atoms with Gasteiger partial charge in [-0.15, -0.1) is 13.2 Å². The quantitative estimate of drug-likeness (QED) is 0.862. The smallest absolute Gasteiger partial charge is 0.406 e. The van der Waals surface area contributed by atoms with Crippen molar-refractivity contribution in [2.75, 3.05) is 6.54 Å². The van der Waals surface area contributed by atoms with Gasteiger partial charge in [-0.25, -0.2) is 4.98 Å². The van der Waals surface area contributed by atoms with Gasteiger partial charge in [0.05, 0.1) is 6.33 Å². The number of halogens is 3. The van der Waals surface area contributed by atoms with E-state index in [1.54, 1.807) is 0 Å². The SMILES string of the molecule is CCc1cc(=O)n(CCNC(=O)c2ccc(OC(F)(F)F)cc2)cn1. The predicted octanol–water partition coefficient (Wildman–Crippen LogP) is 2.13. The second-order valence-electron chi connectivity index (χ2n) is 5.09. The van der Waals surface area contributed by atoms with Crippen LogP contribution in [-0.4, -0.2) is 28.4 Å². The van der Waals surface area contributed by atoms with E-state index < -0.39 is 18.0 Å². The summed E-state index contributed by atoms with van der Waals surface area (Å²) in [6, 6.07) is 5.99. The molecule has 0 saturated carbocycles. The number of hydrogen-bond acceptors (Lipinski definition) is 4. The molecule has 25 heavy (non-hydrogen) atoms. The number of aromatic nitrogens is 2. The van der Waals surface area contributed by atoms with Gasteiger partial charge in [0.1, 0.15) is 5.75 Å². The monoisotopic (exact) mass is 355 g/mol. The molecule has 0 bridgehead atoms. The minimum Gasteiger partial charge on any atom is -0.406 e. The molecule has 2 aromatic rings. The number of carbonyl (C=O) groups excluding carboxylic acids is 1. The van der Waals surface area contributed by atoms with Gasteiger partial charge >= 0.3 is 6.36 Å². The molecule has 1 N–H and O–H groups in total. The molecule has 0 unspecified atom stereocenters. The summed E-state index contributed by atoms with van der Waals surface area (Å²) in [4.78, 5) is 27.8. The van der Waals surface area contributed by atoms with Crippen LogP contribution in [0.2, 0.25) is 0 Å². The number of carbonyl (C=O) groups is 1. The largest absolute Gasteiger partial charge is 0.573 e. The van der Waals surface area contributed by atoms with Gasteiger partial charge in [-0.05, 0) is 30.7 Å². The van der Waals surface area contributed by atoms with E-state index in [9.17, 15) is 22.8 Å². The van der Waals surface area contributed by atoms with Crippen molar-refractivity contribution in [2.24, 2.45) is 0 Å². The zero-order valence-corrected chi connectivity index (χ0v) is 13.3. The Balaban J connectivity index is 1.89. The van der Waals surface area contributed by atoms with E-state index in [-0.39, 0.29) is 24.2 Å². The Bertz CT molecular complexity index is 786. The highest BCUT2D eigenvalue weighted by atomic mass is 19.4. The number of alkyl halides is 3. The van der Waals surface area contributed by atoms with Crippen molar-refractivity contribution in [1.29, 1.82) is 0 Å². The third-order valence-electron chi connectivity index (χ3n) is 3.29. The first kappa shape index (κ1) is 18.5. The fourth-order valence-corrected chi connectivity index (χ4v) is 2.02. The fraction of sp³-hybridized carbons (Fsp3) is 0.312. The number of amides is 1. The van der Waals surface area contributed by atoms with Crippen LogP contribution in [0.1, 0.15) is 23.0 Å². The second kappa shape index (κ2) is 7.82. The Morgan fingerprint density at radius 3 is 2.52 bits per heavy atom. The van der Waals surface area contributed by atoms with Crippen molar-refractivity contribution in [3.8, 4) is 5.75 Å². The van der Waals surface area contributed by atoms with Crippen LogP contribution in [0.25, 0.3) is 0 Å². The number of ether oxygens (including phenoxy) is 1. The molecule has 1 heterocycles. The molecule has 0 aliphatic rings. The maximum Gasteiger partial charge on any atom is 0.573 e. The second-order valence-corrected chi connectivity index (χ2v) is 5.09. The zero-order valence-electron chi connectivity index (χ0n) is 13.3. The van der Waals surface area contributed by atoms with E-state index in [1.807, 2.05) is 6.92 Å². The minimum atomic E-state index is -4.78. The van der Waals surface area contributed by atoms with Crippen molar-refractivity contribution >= 4 is 5.91 Å². The van der Waals surface area contributed by atoms with E-state index in [4.69, 9.17) is 0 Å². The lowest BCUT2D eigenvalue weighted by atomic mass is 10.2. The molecule has 0 fully saturated rings. The summed E-state index contributed by atoms with van der Waals surface area (Å²) < 4.78 is 41.3. The molecule has 0 atom stereocenters. The van der Waals surface area contributed by atoms with Crippen LogP contribution in [0, 0.1) is 0 Å². The lowest BCUT2D eigenvalue weighted by molar-refractivity contribution is -0.274. The topological polar surface area (TPSA) is 73.2 Å². The van der Waals surface area contributed by atoms with E-state index in [0.717, 1.165) is 12.1 Å². The first-order valence-electron chi connectivity index (χ1n) is 7.48. The fourth-order valence-electron chi connectivity index (χ4n) is 2.02. The van der Waals surface area contributed by atoms with Crippen molar-refractivity contribution < 1.29 is 22.7 Å². The molecule has 6 nitrogen and oxygen atoms in total. The van der Waals surface area contributed by atoms with Gasteiger partial charge in [0.15, 0.2) is 0 Å². The number of benzene rings is 1. The van der Waals surface area contributed by atoms with Crippen LogP contribution in [0.3, 0.4) is 0 Å². The van der Waals surface area contributed by atoms with Crippen LogP contribution in [-0.2, 0) is 13.0 Å². The molecular weight excluding hydrogens is 339 g/mol. The van der Waals surface area contributed by atoms with Crippen LogP contribution in [0.5, 0.6) is 5.75 Å². The van der Waals surface area contributed by atoms with Crippen LogP contribution in [0.4, 0.5) is 13.2 Å². The molecule has 0 saturated heterocycles. The third kappa shape index (κ3) is 5.63. The molecule has 2 rings (SSSR count). The molecule has 0 aliphatic carbocycles. The maximum atomic E-state index is 12.1. The summed E-state index contributed by atoms with van der Waals surface area (Å²) in [5.41, 5.74) is 0.655. The van der Waals surface area contributed by atoms with Gasteiger partial charge in [-0.3, -0.25) is 14.2 Å². The summed E-state index contributed by atoms with van der Waals surface area (Å²) in [5, 5.41) is 2.58. The van der Waals surface area contributed by atoms with Crippen molar-refractivity contribution in [3.63, 3.8) is 0 Å². The van der Waals surface area contributed by atoms with Gasteiger partial charge in [-0.2, -0.15) is 0 Å². The Morgan fingerprint density at radius 2 is 1.96 bits per heavy atom. The number of nitrogens with one attached hydrogen (secondary N) is 1. The normalized spacial score (nSPS) is 11.2. The summed E-state index contributed by atoms with van der Waals surface area (Å²) in [5.74, 6) is -0.873. The molecule has 1 aromatic heterocycles. The Kier molecular flexibility index (Phi) is 5.79. The van der Waals surface area contributed by atoms with Crippen LogP contribution < -0.4 is 15.6 Å². The maximum absolute atomic E-state index is 12.1. The van der Waals surface area contributed by atoms with Gasteiger partial charge in [0, 0.05) is 30.4 Å². The van der Waals surface area contributed by atoms with Crippen LogP contribution >= 0.6 is 0 Å². The highest BCUT2D eigenvalue weighted by molar-refractivity contribution is 5.94. The molecule has 0 radical (unpaired) electrons. The molecule has 0 aliphatic heterocycles. The number of aryl methyl sites for hydroxylation is 1. The van der Waals surface area contributed by atoms with E-state index >= 15 is 0 Å². The lowest BCUT2D eigenvalue weighted by Gasteiger charge is -2.10. The summed E-state index contributed by atoms with van der Waals surface area (Å²) in [7, 11) is 0. The minimum absolute atomic E-state index is 0.173. The molecule has 1 aromatic carbocycles. The van der Waals surface area contributed by atoms with Crippen LogP contribution in [0.15, 0.2) is 41.5 Å².